The molecule has 0 amide bonds. The Morgan fingerprint density at radius 1 is 1.33 bits per heavy atom. The average molecular weight is 306 g/mol. The van der Waals surface area contributed by atoms with Crippen LogP contribution in [0, 0.1) is 11.8 Å². The number of likely N-dealkylation sites (tertiary alicyclic amines) is 1. The van der Waals surface area contributed by atoms with Gasteiger partial charge in [-0.15, -0.1) is 11.3 Å². The Morgan fingerprint density at radius 3 is 3.00 bits per heavy atom. The second-order valence-corrected chi connectivity index (χ2v) is 6.58. The molecule has 1 aromatic rings. The van der Waals surface area contributed by atoms with Gasteiger partial charge in [0.2, 0.25) is 0 Å². The first kappa shape index (κ1) is 15.0. The maximum absolute atomic E-state index is 8.73. The number of ether oxygens (including phenoxy) is 1. The maximum Gasteiger partial charge on any atom is 0.104 e. The molecule has 0 aromatic carbocycles. The van der Waals surface area contributed by atoms with E-state index in [0.29, 0.717) is 6.04 Å². The van der Waals surface area contributed by atoms with Crippen molar-refractivity contribution >= 4 is 11.3 Å². The van der Waals surface area contributed by atoms with Crippen LogP contribution in [0.3, 0.4) is 0 Å². The van der Waals surface area contributed by atoms with Gasteiger partial charge in [0.1, 0.15) is 6.61 Å². The minimum Gasteiger partial charge on any atom is -0.384 e. The Morgan fingerprint density at radius 2 is 2.19 bits per heavy atom. The van der Waals surface area contributed by atoms with Gasteiger partial charge in [0.15, 0.2) is 0 Å². The van der Waals surface area contributed by atoms with Crippen LogP contribution in [0.1, 0.15) is 16.9 Å². The molecule has 0 aliphatic carbocycles. The summed E-state index contributed by atoms with van der Waals surface area (Å²) in [4.78, 5) is 6.48. The summed E-state index contributed by atoms with van der Waals surface area (Å²) >= 11 is 1.76. The molecule has 2 saturated heterocycles. The van der Waals surface area contributed by atoms with Gasteiger partial charge in [-0.25, -0.2) is 0 Å². The molecule has 0 saturated carbocycles. The fourth-order valence-electron chi connectivity index (χ4n) is 3.09. The van der Waals surface area contributed by atoms with E-state index in [1.807, 2.05) is 0 Å². The smallest absolute Gasteiger partial charge is 0.104 e. The molecule has 1 atom stereocenters. The van der Waals surface area contributed by atoms with Crippen LogP contribution in [0.2, 0.25) is 0 Å². The lowest BCUT2D eigenvalue weighted by Gasteiger charge is -2.32. The highest BCUT2D eigenvalue weighted by Crippen LogP contribution is 2.22. The molecule has 3 rings (SSSR count). The number of rotatable bonds is 3. The lowest BCUT2D eigenvalue weighted by molar-refractivity contribution is 0.0184. The number of hydrogen-bond donors (Lipinski definition) is 1. The molecular weight excluding hydrogens is 284 g/mol. The summed E-state index contributed by atoms with van der Waals surface area (Å²) < 4.78 is 5.43. The SMILES string of the molecule is OCC#Cc1csc(CN2CCC(N3CCOCC3)C2)c1. The third-order valence-electron chi connectivity index (χ3n) is 4.15. The fraction of sp³-hybridized carbons (Fsp3) is 0.625. The molecule has 0 radical (unpaired) electrons. The van der Waals surface area contributed by atoms with Gasteiger partial charge in [0, 0.05) is 54.6 Å². The highest BCUT2D eigenvalue weighted by molar-refractivity contribution is 7.10. The largest absolute Gasteiger partial charge is 0.384 e. The van der Waals surface area contributed by atoms with E-state index in [2.05, 4.69) is 33.1 Å². The topological polar surface area (TPSA) is 35.9 Å². The summed E-state index contributed by atoms with van der Waals surface area (Å²) in [6.07, 6.45) is 1.27. The average Bonchev–Trinajstić information content (AvgIpc) is 3.16. The van der Waals surface area contributed by atoms with Gasteiger partial charge in [-0.05, 0) is 12.5 Å². The number of morpholine rings is 1. The molecule has 5 heteroatoms. The summed E-state index contributed by atoms with van der Waals surface area (Å²) in [6.45, 7) is 7.22. The van der Waals surface area contributed by atoms with E-state index in [1.165, 1.54) is 17.8 Å². The van der Waals surface area contributed by atoms with E-state index in [0.717, 1.165) is 45.0 Å². The van der Waals surface area contributed by atoms with Crippen molar-refractivity contribution in [2.75, 3.05) is 46.0 Å². The molecule has 0 bridgehead atoms. The van der Waals surface area contributed by atoms with Crippen LogP contribution < -0.4 is 0 Å². The van der Waals surface area contributed by atoms with Crippen molar-refractivity contribution in [1.29, 1.82) is 0 Å². The zero-order valence-corrected chi connectivity index (χ0v) is 13.1. The van der Waals surface area contributed by atoms with Gasteiger partial charge < -0.3 is 9.84 Å². The van der Waals surface area contributed by atoms with Gasteiger partial charge in [0.25, 0.3) is 0 Å². The summed E-state index contributed by atoms with van der Waals surface area (Å²) in [7, 11) is 0. The molecule has 2 aliphatic rings. The lowest BCUT2D eigenvalue weighted by Crippen LogP contribution is -2.44. The number of aliphatic hydroxyl groups is 1. The molecule has 1 aromatic heterocycles. The number of nitrogens with zero attached hydrogens (tertiary/aromatic N) is 2. The molecule has 114 valence electrons. The van der Waals surface area contributed by atoms with Crippen molar-refractivity contribution in [3.8, 4) is 11.8 Å². The van der Waals surface area contributed by atoms with Crippen molar-refractivity contribution in [2.45, 2.75) is 19.0 Å². The van der Waals surface area contributed by atoms with E-state index in [4.69, 9.17) is 9.84 Å². The van der Waals surface area contributed by atoms with Gasteiger partial charge in [-0.1, -0.05) is 11.8 Å². The van der Waals surface area contributed by atoms with Crippen LogP contribution in [0.25, 0.3) is 0 Å². The quantitative estimate of drug-likeness (QED) is 0.845. The van der Waals surface area contributed by atoms with E-state index in [9.17, 15) is 0 Å². The van der Waals surface area contributed by atoms with Crippen LogP contribution in [0.5, 0.6) is 0 Å². The molecule has 0 spiro atoms. The summed E-state index contributed by atoms with van der Waals surface area (Å²) in [5.41, 5.74) is 1.02. The van der Waals surface area contributed by atoms with E-state index in [-0.39, 0.29) is 6.61 Å². The van der Waals surface area contributed by atoms with Crippen LogP contribution in [-0.2, 0) is 11.3 Å². The molecule has 2 fully saturated rings. The van der Waals surface area contributed by atoms with Crippen LogP contribution in [0.4, 0.5) is 0 Å². The molecule has 4 nitrogen and oxygen atoms in total. The predicted molar refractivity (Wildman–Crippen MR) is 84.4 cm³/mol. The fourth-order valence-corrected chi connectivity index (χ4v) is 3.95. The van der Waals surface area contributed by atoms with Crippen molar-refractivity contribution in [2.24, 2.45) is 0 Å². The second-order valence-electron chi connectivity index (χ2n) is 5.59. The monoisotopic (exact) mass is 306 g/mol. The van der Waals surface area contributed by atoms with E-state index >= 15 is 0 Å². The molecule has 3 heterocycles. The van der Waals surface area contributed by atoms with Crippen LogP contribution in [0.15, 0.2) is 11.4 Å². The van der Waals surface area contributed by atoms with Crippen molar-refractivity contribution in [3.63, 3.8) is 0 Å². The van der Waals surface area contributed by atoms with Crippen LogP contribution >= 0.6 is 11.3 Å². The molecule has 1 unspecified atom stereocenters. The second kappa shape index (κ2) is 7.39. The number of thiophene rings is 1. The highest BCUT2D eigenvalue weighted by atomic mass is 32.1. The van der Waals surface area contributed by atoms with Gasteiger partial charge >= 0.3 is 0 Å². The Kier molecular flexibility index (Phi) is 5.28. The van der Waals surface area contributed by atoms with Gasteiger partial charge in [-0.3, -0.25) is 9.80 Å². The van der Waals surface area contributed by atoms with Gasteiger partial charge in [0.05, 0.1) is 13.2 Å². The molecule has 2 aliphatic heterocycles. The summed E-state index contributed by atoms with van der Waals surface area (Å²) in [6, 6.07) is 2.84. The summed E-state index contributed by atoms with van der Waals surface area (Å²) in [5, 5.41) is 10.8. The van der Waals surface area contributed by atoms with Crippen LogP contribution in [-0.4, -0.2) is 66.9 Å². The first-order chi connectivity index (χ1) is 10.3. The predicted octanol–water partition coefficient (Wildman–Crippen LogP) is 0.998. The zero-order valence-electron chi connectivity index (χ0n) is 12.3. The van der Waals surface area contributed by atoms with E-state index in [1.54, 1.807) is 11.3 Å². The standard InChI is InChI=1S/C16H22N2O2S/c19-7-1-2-14-10-16(21-13-14)12-17-4-3-15(11-17)18-5-8-20-9-6-18/h10,13,15,19H,3-9,11-12H2. The van der Waals surface area contributed by atoms with Crippen molar-refractivity contribution in [3.05, 3.63) is 21.9 Å². The number of hydrogen-bond acceptors (Lipinski definition) is 5. The Balaban J connectivity index is 1.51. The Bertz CT molecular complexity index is 514. The Hall–Kier alpha value is -0.900. The lowest BCUT2D eigenvalue weighted by atomic mass is 10.2. The molecule has 1 N–H and O–H groups in total. The van der Waals surface area contributed by atoms with Crippen molar-refractivity contribution < 1.29 is 9.84 Å². The third kappa shape index (κ3) is 4.06. The molecular formula is C16H22N2O2S. The normalized spacial score (nSPS) is 24.0. The van der Waals surface area contributed by atoms with E-state index < -0.39 is 0 Å². The summed E-state index contributed by atoms with van der Waals surface area (Å²) in [5.74, 6) is 5.67. The first-order valence-electron chi connectivity index (χ1n) is 7.56. The van der Waals surface area contributed by atoms with Crippen molar-refractivity contribution in [1.82, 2.24) is 9.80 Å². The Labute approximate surface area is 130 Å². The minimum absolute atomic E-state index is 0.0709. The maximum atomic E-state index is 8.73. The minimum atomic E-state index is -0.0709. The zero-order chi connectivity index (χ0) is 14.5. The van der Waals surface area contributed by atoms with Gasteiger partial charge in [-0.2, -0.15) is 0 Å². The first-order valence-corrected chi connectivity index (χ1v) is 8.44. The highest BCUT2D eigenvalue weighted by Gasteiger charge is 2.28. The third-order valence-corrected chi connectivity index (χ3v) is 5.08. The number of aliphatic hydroxyl groups excluding tert-OH is 1. The molecule has 21 heavy (non-hydrogen) atoms.